The smallest absolute Gasteiger partial charge is 0.309 e. The van der Waals surface area contributed by atoms with Crippen molar-refractivity contribution < 1.29 is 17.9 Å². The molecule has 0 amide bonds. The summed E-state index contributed by atoms with van der Waals surface area (Å²) in [4.78, 5) is 11.3. The van der Waals surface area contributed by atoms with Gasteiger partial charge >= 0.3 is 5.97 Å². The Hall–Kier alpha value is -1.40. The second kappa shape index (κ2) is 6.38. The fourth-order valence-corrected chi connectivity index (χ4v) is 4.43. The van der Waals surface area contributed by atoms with E-state index in [-0.39, 0.29) is 11.2 Å². The molecule has 1 aromatic rings. The maximum Gasteiger partial charge on any atom is 0.309 e. The average molecular weight is 325 g/mol. The number of benzene rings is 1. The third-order valence-corrected chi connectivity index (χ3v) is 5.67. The second-order valence-corrected chi connectivity index (χ2v) is 8.31. The molecule has 0 spiro atoms. The summed E-state index contributed by atoms with van der Waals surface area (Å²) in [5, 5.41) is 0. The van der Waals surface area contributed by atoms with Crippen molar-refractivity contribution >= 4 is 16.0 Å². The van der Waals surface area contributed by atoms with Gasteiger partial charge in [-0.25, -0.2) is 13.1 Å². The first kappa shape index (κ1) is 17.0. The molecule has 0 unspecified atom stereocenters. The molecule has 1 aromatic carbocycles. The van der Waals surface area contributed by atoms with E-state index in [0.29, 0.717) is 6.54 Å². The molecule has 122 valence electrons. The van der Waals surface area contributed by atoms with Gasteiger partial charge in [-0.1, -0.05) is 38.1 Å². The average Bonchev–Trinajstić information content (AvgIpc) is 2.81. The van der Waals surface area contributed by atoms with Crippen LogP contribution in [0.5, 0.6) is 0 Å². The highest BCUT2D eigenvalue weighted by Crippen LogP contribution is 2.36. The van der Waals surface area contributed by atoms with Crippen molar-refractivity contribution in [3.8, 4) is 0 Å². The van der Waals surface area contributed by atoms with Crippen molar-refractivity contribution in [2.45, 2.75) is 26.7 Å². The molecule has 1 atom stereocenters. The van der Waals surface area contributed by atoms with Crippen molar-refractivity contribution in [2.75, 3.05) is 19.4 Å². The number of carbonyl (C=O) groups excluding carboxylic acids is 1. The SMILES string of the molecule is COC(=O)[C@@H](C)CS(=O)(=O)NCC1(C)Cc2ccccc2C1. The second-order valence-electron chi connectivity index (χ2n) is 6.46. The minimum atomic E-state index is -3.50. The van der Waals surface area contributed by atoms with Crippen molar-refractivity contribution in [1.29, 1.82) is 0 Å². The minimum absolute atomic E-state index is 0.120. The number of esters is 1. The highest BCUT2D eigenvalue weighted by atomic mass is 32.2. The van der Waals surface area contributed by atoms with Crippen molar-refractivity contribution in [1.82, 2.24) is 4.72 Å². The molecule has 1 aliphatic rings. The first-order valence-electron chi connectivity index (χ1n) is 7.37. The Bertz CT molecular complexity index is 629. The standard InChI is InChI=1S/C16H23NO4S/c1-12(15(18)21-3)10-22(19,20)17-11-16(2)8-13-6-4-5-7-14(13)9-16/h4-7,12,17H,8-11H2,1-3H3/t12-/m0/s1. The van der Waals surface area contributed by atoms with Crippen LogP contribution in [0.4, 0.5) is 0 Å². The zero-order valence-corrected chi connectivity index (χ0v) is 14.1. The molecule has 0 radical (unpaired) electrons. The third-order valence-electron chi connectivity index (χ3n) is 4.14. The van der Waals surface area contributed by atoms with E-state index in [2.05, 4.69) is 28.5 Å². The van der Waals surface area contributed by atoms with E-state index in [1.54, 1.807) is 6.92 Å². The first-order chi connectivity index (χ1) is 10.2. The van der Waals surface area contributed by atoms with Gasteiger partial charge in [0.2, 0.25) is 10.0 Å². The molecule has 0 bridgehead atoms. The first-order valence-corrected chi connectivity index (χ1v) is 9.02. The van der Waals surface area contributed by atoms with Crippen LogP contribution in [0.1, 0.15) is 25.0 Å². The summed E-state index contributed by atoms with van der Waals surface area (Å²) in [6.45, 7) is 4.01. The Morgan fingerprint density at radius 2 is 1.86 bits per heavy atom. The van der Waals surface area contributed by atoms with E-state index in [0.717, 1.165) is 12.8 Å². The predicted molar refractivity (Wildman–Crippen MR) is 84.9 cm³/mol. The lowest BCUT2D eigenvalue weighted by molar-refractivity contribution is -0.144. The number of hydrogen-bond donors (Lipinski definition) is 1. The number of nitrogens with one attached hydrogen (secondary N) is 1. The topological polar surface area (TPSA) is 72.5 Å². The van der Waals surface area contributed by atoms with Gasteiger partial charge in [0.05, 0.1) is 18.8 Å². The molecule has 2 rings (SSSR count). The minimum Gasteiger partial charge on any atom is -0.469 e. The molecule has 1 aliphatic carbocycles. The van der Waals surface area contributed by atoms with Crippen molar-refractivity contribution in [3.63, 3.8) is 0 Å². The molecule has 0 fully saturated rings. The zero-order chi connectivity index (χ0) is 16.4. The predicted octanol–water partition coefficient (Wildman–Crippen LogP) is 1.52. The van der Waals surface area contributed by atoms with Crippen molar-refractivity contribution in [2.24, 2.45) is 11.3 Å². The van der Waals surface area contributed by atoms with Crippen LogP contribution in [0.15, 0.2) is 24.3 Å². The fraction of sp³-hybridized carbons (Fsp3) is 0.562. The zero-order valence-electron chi connectivity index (χ0n) is 13.3. The highest BCUT2D eigenvalue weighted by molar-refractivity contribution is 7.89. The molecule has 1 N–H and O–H groups in total. The van der Waals surface area contributed by atoms with Gasteiger partial charge in [0, 0.05) is 6.54 Å². The van der Waals surface area contributed by atoms with Crippen LogP contribution >= 0.6 is 0 Å². The van der Waals surface area contributed by atoms with Gasteiger partial charge in [0.25, 0.3) is 0 Å². The third kappa shape index (κ3) is 4.08. The maximum atomic E-state index is 12.1. The molecule has 0 aromatic heterocycles. The lowest BCUT2D eigenvalue weighted by Crippen LogP contribution is -2.39. The van der Waals surface area contributed by atoms with E-state index in [1.165, 1.54) is 18.2 Å². The van der Waals surface area contributed by atoms with E-state index in [1.807, 2.05) is 12.1 Å². The summed E-state index contributed by atoms with van der Waals surface area (Å²) in [5.41, 5.74) is 2.45. The lowest BCUT2D eigenvalue weighted by Gasteiger charge is -2.24. The lowest BCUT2D eigenvalue weighted by atomic mass is 9.88. The van der Waals surface area contributed by atoms with Gasteiger partial charge in [-0.3, -0.25) is 4.79 Å². The van der Waals surface area contributed by atoms with Crippen LogP contribution in [-0.4, -0.2) is 33.8 Å². The molecule has 0 saturated heterocycles. The highest BCUT2D eigenvalue weighted by Gasteiger charge is 2.34. The van der Waals surface area contributed by atoms with E-state index < -0.39 is 21.9 Å². The summed E-state index contributed by atoms with van der Waals surface area (Å²) < 4.78 is 31.4. The largest absolute Gasteiger partial charge is 0.469 e. The summed E-state index contributed by atoms with van der Waals surface area (Å²) in [5.74, 6) is -1.43. The van der Waals surface area contributed by atoms with Gasteiger partial charge in [-0.2, -0.15) is 0 Å². The van der Waals surface area contributed by atoms with Gasteiger partial charge in [0.1, 0.15) is 0 Å². The quantitative estimate of drug-likeness (QED) is 0.805. The number of sulfonamides is 1. The van der Waals surface area contributed by atoms with Gasteiger partial charge in [-0.05, 0) is 29.4 Å². The van der Waals surface area contributed by atoms with E-state index in [9.17, 15) is 13.2 Å². The van der Waals surface area contributed by atoms with Gasteiger partial charge in [-0.15, -0.1) is 0 Å². The number of fused-ring (bicyclic) bond motifs is 1. The molecular formula is C16H23NO4S. The van der Waals surface area contributed by atoms with Crippen LogP contribution in [0.2, 0.25) is 0 Å². The normalized spacial score (nSPS) is 17.8. The molecule has 5 nitrogen and oxygen atoms in total. The van der Waals surface area contributed by atoms with Crippen LogP contribution in [0, 0.1) is 11.3 Å². The van der Waals surface area contributed by atoms with Crippen LogP contribution in [0.25, 0.3) is 0 Å². The summed E-state index contributed by atoms with van der Waals surface area (Å²) in [6, 6.07) is 8.20. The molecule has 0 heterocycles. The van der Waals surface area contributed by atoms with E-state index in [4.69, 9.17) is 0 Å². The molecule has 0 aliphatic heterocycles. The molecule has 22 heavy (non-hydrogen) atoms. The Morgan fingerprint density at radius 1 is 1.32 bits per heavy atom. The summed E-state index contributed by atoms with van der Waals surface area (Å²) in [7, 11) is -2.24. The van der Waals surface area contributed by atoms with Crippen LogP contribution in [0.3, 0.4) is 0 Å². The van der Waals surface area contributed by atoms with Crippen LogP contribution in [-0.2, 0) is 32.4 Å². The molecule has 6 heteroatoms. The molecule has 0 saturated carbocycles. The summed E-state index contributed by atoms with van der Waals surface area (Å²) >= 11 is 0. The van der Waals surface area contributed by atoms with Gasteiger partial charge < -0.3 is 4.74 Å². The Morgan fingerprint density at radius 3 is 2.36 bits per heavy atom. The number of methoxy groups -OCH3 is 1. The number of ether oxygens (including phenoxy) is 1. The van der Waals surface area contributed by atoms with Crippen molar-refractivity contribution in [3.05, 3.63) is 35.4 Å². The maximum absolute atomic E-state index is 12.1. The van der Waals surface area contributed by atoms with Crippen LogP contribution < -0.4 is 4.72 Å². The number of carbonyl (C=O) groups is 1. The van der Waals surface area contributed by atoms with E-state index >= 15 is 0 Å². The summed E-state index contributed by atoms with van der Waals surface area (Å²) in [6.07, 6.45) is 1.72. The monoisotopic (exact) mass is 325 g/mol. The Kier molecular flexibility index (Phi) is 4.92. The fourth-order valence-electron chi connectivity index (χ4n) is 2.95. The van der Waals surface area contributed by atoms with Gasteiger partial charge in [0.15, 0.2) is 0 Å². The molecular weight excluding hydrogens is 302 g/mol. The Balaban J connectivity index is 1.94. The number of rotatable bonds is 6. The Labute approximate surface area is 132 Å². The number of hydrogen-bond acceptors (Lipinski definition) is 4.